The van der Waals surface area contributed by atoms with Gasteiger partial charge >= 0.3 is 12.4 Å². The number of amides is 2. The Bertz CT molecular complexity index is 1470. The topological polar surface area (TPSA) is 102 Å². The fraction of sp³-hybridized carbons (Fsp3) is 0.385. The number of aryl methyl sites for hydroxylation is 1. The summed E-state index contributed by atoms with van der Waals surface area (Å²) in [6.07, 6.45) is -6.02. The molecule has 0 aliphatic heterocycles. The Morgan fingerprint density at radius 2 is 1.61 bits per heavy atom. The van der Waals surface area contributed by atoms with Crippen LogP contribution in [-0.2, 0) is 20.2 Å². The molecule has 2 aromatic rings. The van der Waals surface area contributed by atoms with Crippen molar-refractivity contribution >= 4 is 49.9 Å². The van der Waals surface area contributed by atoms with Crippen molar-refractivity contribution in [2.45, 2.75) is 44.3 Å². The second-order valence-electron chi connectivity index (χ2n) is 9.72. The van der Waals surface area contributed by atoms with E-state index in [1.807, 2.05) is 0 Å². The first-order valence-electron chi connectivity index (χ1n) is 11.5. The molecular weight excluding hydrogens is 693 g/mol. The van der Waals surface area contributed by atoms with Gasteiger partial charge < -0.3 is 15.4 Å². The summed E-state index contributed by atoms with van der Waals surface area (Å²) in [5, 5.41) is 4.96. The molecule has 0 atom stereocenters. The van der Waals surface area contributed by atoms with Crippen LogP contribution in [0.3, 0.4) is 0 Å². The number of sulfone groups is 1. The van der Waals surface area contributed by atoms with Crippen LogP contribution in [0, 0.1) is 22.8 Å². The lowest BCUT2D eigenvalue weighted by Gasteiger charge is -2.37. The normalized spacial score (nSPS) is 12.9. The van der Waals surface area contributed by atoms with Crippen molar-refractivity contribution in [1.29, 1.82) is 0 Å². The predicted molar refractivity (Wildman–Crippen MR) is 148 cm³/mol. The second kappa shape index (κ2) is 12.2. The molecular formula is C26H25F6IN2O5S. The zero-order valence-electron chi connectivity index (χ0n) is 22.1. The molecule has 41 heavy (non-hydrogen) atoms. The summed E-state index contributed by atoms with van der Waals surface area (Å²) >= 11 is 1.79. The molecule has 0 aromatic heterocycles. The van der Waals surface area contributed by atoms with E-state index >= 15 is 0 Å². The number of alkyl halides is 6. The molecule has 0 fully saturated rings. The summed E-state index contributed by atoms with van der Waals surface area (Å²) in [7, 11) is -3.48. The molecule has 0 saturated carbocycles. The Hall–Kier alpha value is -2.84. The molecule has 224 valence electrons. The fourth-order valence-electron chi connectivity index (χ4n) is 4.10. The highest BCUT2D eigenvalue weighted by Gasteiger charge is 2.73. The standard InChI is InChI=1S/C26H25F6IN2O5S/c1-6-12-40-24(25(27,28)29,26(30,31)32)16-10-11-19(15(2)13-16)34-21(36)17-8-7-9-18(33)20(17)22(37)35-23(3,4)14-41(5,38)39/h1,7-11,13H,12,14H2,2-5H3,(H,34,36)(H,35,37). The van der Waals surface area contributed by atoms with Crippen molar-refractivity contribution in [3.05, 3.63) is 62.2 Å². The summed E-state index contributed by atoms with van der Waals surface area (Å²) < 4.78 is 111. The number of benzene rings is 2. The maximum atomic E-state index is 13.9. The molecule has 0 radical (unpaired) electrons. The van der Waals surface area contributed by atoms with Gasteiger partial charge in [0.1, 0.15) is 16.4 Å². The third-order valence-corrected chi connectivity index (χ3v) is 7.76. The van der Waals surface area contributed by atoms with Crippen molar-refractivity contribution in [1.82, 2.24) is 5.32 Å². The quantitative estimate of drug-likeness (QED) is 0.206. The molecule has 7 nitrogen and oxygen atoms in total. The monoisotopic (exact) mass is 718 g/mol. The van der Waals surface area contributed by atoms with Crippen LogP contribution in [0.2, 0.25) is 0 Å². The molecule has 15 heteroatoms. The number of carbonyl (C=O) groups is 2. The van der Waals surface area contributed by atoms with Crippen LogP contribution in [-0.4, -0.2) is 56.7 Å². The third-order valence-electron chi connectivity index (χ3n) is 5.61. The van der Waals surface area contributed by atoms with Gasteiger partial charge in [-0.15, -0.1) is 6.42 Å². The maximum absolute atomic E-state index is 13.9. The number of hydrogen-bond acceptors (Lipinski definition) is 5. The van der Waals surface area contributed by atoms with E-state index in [9.17, 15) is 44.3 Å². The number of rotatable bonds is 9. The third kappa shape index (κ3) is 7.92. The van der Waals surface area contributed by atoms with Crippen LogP contribution >= 0.6 is 22.6 Å². The molecule has 0 unspecified atom stereocenters. The van der Waals surface area contributed by atoms with Gasteiger partial charge in [-0.1, -0.05) is 24.1 Å². The summed E-state index contributed by atoms with van der Waals surface area (Å²) in [5.74, 6) is -0.457. The van der Waals surface area contributed by atoms with Gasteiger partial charge in [0.25, 0.3) is 17.4 Å². The molecule has 0 aliphatic carbocycles. The van der Waals surface area contributed by atoms with E-state index in [0.29, 0.717) is 15.7 Å². The number of nitrogens with one attached hydrogen (secondary N) is 2. The molecule has 2 aromatic carbocycles. The van der Waals surface area contributed by atoms with Gasteiger partial charge in [0.2, 0.25) is 0 Å². The van der Waals surface area contributed by atoms with Crippen molar-refractivity contribution < 1.29 is 49.1 Å². The van der Waals surface area contributed by atoms with Gasteiger partial charge in [-0.3, -0.25) is 9.59 Å². The molecule has 0 bridgehead atoms. The minimum absolute atomic E-state index is 0.114. The molecule has 0 heterocycles. The van der Waals surface area contributed by atoms with Crippen LogP contribution in [0.1, 0.15) is 45.7 Å². The Labute approximate surface area is 246 Å². The van der Waals surface area contributed by atoms with Crippen molar-refractivity contribution in [3.63, 3.8) is 0 Å². The minimum Gasteiger partial charge on any atom is -0.346 e. The van der Waals surface area contributed by atoms with E-state index in [0.717, 1.165) is 12.3 Å². The zero-order chi connectivity index (χ0) is 31.6. The van der Waals surface area contributed by atoms with E-state index in [2.05, 4.69) is 15.4 Å². The van der Waals surface area contributed by atoms with Gasteiger partial charge in [-0.2, -0.15) is 26.3 Å². The van der Waals surface area contributed by atoms with E-state index in [1.54, 1.807) is 28.5 Å². The molecule has 2 rings (SSSR count). The van der Waals surface area contributed by atoms with Gasteiger partial charge in [0.15, 0.2) is 0 Å². The Balaban J connectivity index is 2.50. The fourth-order valence-corrected chi connectivity index (χ4v) is 6.23. The average Bonchev–Trinajstić information content (AvgIpc) is 2.77. The van der Waals surface area contributed by atoms with E-state index in [-0.39, 0.29) is 22.4 Å². The van der Waals surface area contributed by atoms with Crippen molar-refractivity contribution in [2.75, 3.05) is 23.9 Å². The molecule has 2 amide bonds. The Morgan fingerprint density at radius 1 is 1.02 bits per heavy atom. The van der Waals surface area contributed by atoms with Crippen LogP contribution < -0.4 is 10.6 Å². The highest BCUT2D eigenvalue weighted by Crippen LogP contribution is 2.53. The minimum atomic E-state index is -5.94. The summed E-state index contributed by atoms with van der Waals surface area (Å²) in [5.41, 5.74) is -7.85. The van der Waals surface area contributed by atoms with Gasteiger partial charge in [-0.25, -0.2) is 8.42 Å². The SMILES string of the molecule is C#CCOC(c1ccc(NC(=O)c2cccc(I)c2C(=O)NC(C)(C)CS(C)(=O)=O)c(C)c1)(C(F)(F)F)C(F)(F)F. The van der Waals surface area contributed by atoms with Gasteiger partial charge in [0.05, 0.1) is 16.9 Å². The largest absolute Gasteiger partial charge is 0.430 e. The molecule has 0 aliphatic rings. The number of carbonyl (C=O) groups excluding carboxylic acids is 2. The molecule has 0 spiro atoms. The van der Waals surface area contributed by atoms with Crippen molar-refractivity contribution in [2.24, 2.45) is 0 Å². The lowest BCUT2D eigenvalue weighted by atomic mass is 9.90. The first kappa shape index (κ1) is 34.4. The first-order valence-corrected chi connectivity index (χ1v) is 14.6. The number of hydrogen-bond donors (Lipinski definition) is 2. The number of ether oxygens (including phenoxy) is 1. The van der Waals surface area contributed by atoms with Gasteiger partial charge in [-0.05, 0) is 67.1 Å². The highest BCUT2D eigenvalue weighted by molar-refractivity contribution is 14.1. The number of anilines is 1. The predicted octanol–water partition coefficient (Wildman–Crippen LogP) is 5.37. The maximum Gasteiger partial charge on any atom is 0.430 e. The lowest BCUT2D eigenvalue weighted by molar-refractivity contribution is -0.386. The van der Waals surface area contributed by atoms with Crippen LogP contribution in [0.15, 0.2) is 36.4 Å². The Morgan fingerprint density at radius 3 is 2.10 bits per heavy atom. The summed E-state index contributed by atoms with van der Waals surface area (Å²) in [6, 6.07) is 6.18. The van der Waals surface area contributed by atoms with Gasteiger partial charge in [0, 0.05) is 26.6 Å². The number of terminal acetylenes is 1. The smallest absolute Gasteiger partial charge is 0.346 e. The van der Waals surface area contributed by atoms with E-state index < -0.39 is 63.1 Å². The highest BCUT2D eigenvalue weighted by atomic mass is 127. The average molecular weight is 718 g/mol. The molecule has 2 N–H and O–H groups in total. The zero-order valence-corrected chi connectivity index (χ0v) is 25.0. The van der Waals surface area contributed by atoms with Crippen LogP contribution in [0.4, 0.5) is 32.0 Å². The summed E-state index contributed by atoms with van der Waals surface area (Å²) in [4.78, 5) is 26.3. The number of halogens is 7. The second-order valence-corrected chi connectivity index (χ2v) is 13.0. The van der Waals surface area contributed by atoms with Crippen LogP contribution in [0.25, 0.3) is 0 Å². The first-order chi connectivity index (χ1) is 18.6. The molecule has 0 saturated heterocycles. The van der Waals surface area contributed by atoms with Crippen LogP contribution in [0.5, 0.6) is 0 Å². The summed E-state index contributed by atoms with van der Waals surface area (Å²) in [6.45, 7) is 2.84. The lowest BCUT2D eigenvalue weighted by Crippen LogP contribution is -2.56. The van der Waals surface area contributed by atoms with Crippen molar-refractivity contribution in [3.8, 4) is 12.3 Å². The van der Waals surface area contributed by atoms with E-state index in [1.165, 1.54) is 39.0 Å². The van der Waals surface area contributed by atoms with E-state index in [4.69, 9.17) is 6.42 Å². The Kier molecular flexibility index (Phi) is 10.2.